The highest BCUT2D eigenvalue weighted by molar-refractivity contribution is 5.89. The third kappa shape index (κ3) is 2.76. The zero-order valence-corrected chi connectivity index (χ0v) is 13.6. The third-order valence-electron chi connectivity index (χ3n) is 4.27. The largest absolute Gasteiger partial charge is 0.497 e. The van der Waals surface area contributed by atoms with Gasteiger partial charge in [-0.2, -0.15) is 0 Å². The van der Waals surface area contributed by atoms with E-state index in [0.29, 0.717) is 0 Å². The van der Waals surface area contributed by atoms with Crippen molar-refractivity contribution >= 4 is 16.6 Å². The van der Waals surface area contributed by atoms with Gasteiger partial charge in [0.25, 0.3) is 0 Å². The number of methoxy groups -OCH3 is 1. The number of nitrogens with zero attached hydrogens (tertiary/aromatic N) is 4. The molecule has 3 aromatic rings. The van der Waals surface area contributed by atoms with Gasteiger partial charge in [-0.05, 0) is 24.3 Å². The number of ether oxygens (including phenoxy) is 1. The molecule has 0 unspecified atom stereocenters. The van der Waals surface area contributed by atoms with Gasteiger partial charge in [0.2, 0.25) is 0 Å². The Morgan fingerprint density at radius 2 is 2.00 bits per heavy atom. The molecule has 0 spiro atoms. The van der Waals surface area contributed by atoms with Crippen molar-refractivity contribution in [2.24, 2.45) is 0 Å². The van der Waals surface area contributed by atoms with Gasteiger partial charge >= 0.3 is 0 Å². The molecule has 0 bridgehead atoms. The smallest absolute Gasteiger partial charge is 0.119 e. The summed E-state index contributed by atoms with van der Waals surface area (Å²) in [7, 11) is 1.68. The molecule has 1 aromatic carbocycles. The molecule has 1 saturated heterocycles. The maximum Gasteiger partial charge on any atom is 0.119 e. The van der Waals surface area contributed by atoms with Crippen LogP contribution in [0.15, 0.2) is 42.9 Å². The number of hydrogen-bond donors (Lipinski definition) is 1. The number of rotatable bonds is 3. The number of nitrogens with one attached hydrogen (secondary N) is 1. The van der Waals surface area contributed by atoms with Gasteiger partial charge in [-0.15, -0.1) is 0 Å². The topological polar surface area (TPSA) is 63.2 Å². The summed E-state index contributed by atoms with van der Waals surface area (Å²) in [6.45, 7) is 3.83. The molecule has 24 heavy (non-hydrogen) atoms. The average molecular weight is 321 g/mol. The molecule has 0 saturated carbocycles. The normalized spacial score (nSPS) is 14.8. The summed E-state index contributed by atoms with van der Waals surface area (Å²) in [5.74, 6) is 0.836. The highest BCUT2D eigenvalue weighted by atomic mass is 16.5. The highest BCUT2D eigenvalue weighted by Gasteiger charge is 2.18. The van der Waals surface area contributed by atoms with E-state index >= 15 is 0 Å². The summed E-state index contributed by atoms with van der Waals surface area (Å²) in [5, 5.41) is 4.45. The predicted octanol–water partition coefficient (Wildman–Crippen LogP) is 2.11. The standard InChI is InChI=1S/C18H19N5O/c1-24-14-2-3-15-13(10-14)11-17(23-8-6-19-7-9-23)18(22-15)16-12-20-4-5-21-16/h2-5,10-12,19H,6-9H2,1H3. The van der Waals surface area contributed by atoms with Crippen LogP contribution in [-0.4, -0.2) is 48.2 Å². The Hall–Kier alpha value is -2.73. The Balaban J connectivity index is 1.90. The van der Waals surface area contributed by atoms with E-state index in [-0.39, 0.29) is 0 Å². The summed E-state index contributed by atoms with van der Waals surface area (Å²) in [4.78, 5) is 15.9. The fraction of sp³-hybridized carbons (Fsp3) is 0.278. The van der Waals surface area contributed by atoms with E-state index in [4.69, 9.17) is 9.72 Å². The van der Waals surface area contributed by atoms with Gasteiger partial charge in [0, 0.05) is 44.0 Å². The third-order valence-corrected chi connectivity index (χ3v) is 4.27. The first kappa shape index (κ1) is 14.8. The number of anilines is 1. The second-order valence-electron chi connectivity index (χ2n) is 5.74. The molecule has 1 aliphatic heterocycles. The SMILES string of the molecule is COc1ccc2nc(-c3cnccn3)c(N3CCNCC3)cc2c1. The highest BCUT2D eigenvalue weighted by Crippen LogP contribution is 2.32. The van der Waals surface area contributed by atoms with Gasteiger partial charge in [0.1, 0.15) is 17.1 Å². The van der Waals surface area contributed by atoms with Crippen LogP contribution in [0.25, 0.3) is 22.3 Å². The van der Waals surface area contributed by atoms with E-state index in [1.807, 2.05) is 18.2 Å². The summed E-state index contributed by atoms with van der Waals surface area (Å²) >= 11 is 0. The molecule has 0 aliphatic carbocycles. The van der Waals surface area contributed by atoms with Crippen LogP contribution in [0.4, 0.5) is 5.69 Å². The minimum Gasteiger partial charge on any atom is -0.497 e. The Bertz CT molecular complexity index is 847. The van der Waals surface area contributed by atoms with Crippen molar-refractivity contribution in [3.05, 3.63) is 42.9 Å². The predicted molar refractivity (Wildman–Crippen MR) is 94.4 cm³/mol. The van der Waals surface area contributed by atoms with E-state index in [1.54, 1.807) is 25.7 Å². The molecule has 0 atom stereocenters. The molecule has 122 valence electrons. The van der Waals surface area contributed by atoms with E-state index in [0.717, 1.165) is 59.9 Å². The second kappa shape index (κ2) is 6.41. The minimum absolute atomic E-state index is 0.795. The first-order valence-electron chi connectivity index (χ1n) is 8.06. The Kier molecular flexibility index (Phi) is 3.96. The Labute approximate surface area is 140 Å². The fourth-order valence-electron chi connectivity index (χ4n) is 3.03. The molecule has 1 fully saturated rings. The van der Waals surface area contributed by atoms with Gasteiger partial charge in [-0.1, -0.05) is 0 Å². The molecule has 0 radical (unpaired) electrons. The van der Waals surface area contributed by atoms with Crippen molar-refractivity contribution < 1.29 is 4.74 Å². The molecule has 3 heterocycles. The van der Waals surface area contributed by atoms with Crippen molar-refractivity contribution in [2.75, 3.05) is 38.2 Å². The summed E-state index contributed by atoms with van der Waals surface area (Å²) in [6, 6.07) is 8.12. The lowest BCUT2D eigenvalue weighted by atomic mass is 10.1. The monoisotopic (exact) mass is 321 g/mol. The zero-order valence-electron chi connectivity index (χ0n) is 13.6. The van der Waals surface area contributed by atoms with Crippen molar-refractivity contribution in [2.45, 2.75) is 0 Å². The molecule has 6 heteroatoms. The van der Waals surface area contributed by atoms with Gasteiger partial charge in [0.15, 0.2) is 0 Å². The number of piperazine rings is 1. The number of pyridine rings is 1. The van der Waals surface area contributed by atoms with Crippen LogP contribution < -0.4 is 15.0 Å². The minimum atomic E-state index is 0.795. The molecule has 0 amide bonds. The number of hydrogen-bond acceptors (Lipinski definition) is 6. The number of benzene rings is 1. The zero-order chi connectivity index (χ0) is 16.4. The summed E-state index contributed by atoms with van der Waals surface area (Å²) in [5.41, 5.74) is 3.69. The molecular formula is C18H19N5O. The van der Waals surface area contributed by atoms with E-state index < -0.39 is 0 Å². The van der Waals surface area contributed by atoms with Crippen molar-refractivity contribution in [1.82, 2.24) is 20.3 Å². The number of fused-ring (bicyclic) bond motifs is 1. The number of aromatic nitrogens is 3. The average Bonchev–Trinajstić information content (AvgIpc) is 2.68. The Morgan fingerprint density at radius 3 is 2.75 bits per heavy atom. The molecule has 1 N–H and O–H groups in total. The maximum absolute atomic E-state index is 5.35. The summed E-state index contributed by atoms with van der Waals surface area (Å²) in [6.07, 6.45) is 5.15. The molecule has 2 aromatic heterocycles. The first-order valence-corrected chi connectivity index (χ1v) is 8.06. The van der Waals surface area contributed by atoms with Gasteiger partial charge < -0.3 is 15.0 Å². The molecule has 4 rings (SSSR count). The summed E-state index contributed by atoms with van der Waals surface area (Å²) < 4.78 is 5.35. The molecule has 6 nitrogen and oxygen atoms in total. The first-order chi connectivity index (χ1) is 11.8. The van der Waals surface area contributed by atoms with Crippen LogP contribution in [0.2, 0.25) is 0 Å². The fourth-order valence-corrected chi connectivity index (χ4v) is 3.03. The lowest BCUT2D eigenvalue weighted by Gasteiger charge is -2.30. The van der Waals surface area contributed by atoms with Crippen LogP contribution in [0, 0.1) is 0 Å². The molecule has 1 aliphatic rings. The second-order valence-corrected chi connectivity index (χ2v) is 5.74. The van der Waals surface area contributed by atoms with Crippen LogP contribution >= 0.6 is 0 Å². The Morgan fingerprint density at radius 1 is 1.12 bits per heavy atom. The quantitative estimate of drug-likeness (QED) is 0.797. The van der Waals surface area contributed by atoms with Crippen LogP contribution in [0.3, 0.4) is 0 Å². The van der Waals surface area contributed by atoms with Crippen LogP contribution in [0.5, 0.6) is 5.75 Å². The van der Waals surface area contributed by atoms with E-state index in [1.165, 1.54) is 0 Å². The molecular weight excluding hydrogens is 302 g/mol. The van der Waals surface area contributed by atoms with Gasteiger partial charge in [-0.3, -0.25) is 9.97 Å². The maximum atomic E-state index is 5.35. The van der Waals surface area contributed by atoms with Crippen LogP contribution in [-0.2, 0) is 0 Å². The van der Waals surface area contributed by atoms with Crippen molar-refractivity contribution in [3.63, 3.8) is 0 Å². The van der Waals surface area contributed by atoms with Crippen LogP contribution in [0.1, 0.15) is 0 Å². The lowest BCUT2D eigenvalue weighted by molar-refractivity contribution is 0.415. The van der Waals surface area contributed by atoms with E-state index in [2.05, 4.69) is 26.3 Å². The van der Waals surface area contributed by atoms with Crippen molar-refractivity contribution in [3.8, 4) is 17.1 Å². The van der Waals surface area contributed by atoms with Gasteiger partial charge in [-0.25, -0.2) is 4.98 Å². The van der Waals surface area contributed by atoms with E-state index in [9.17, 15) is 0 Å². The van der Waals surface area contributed by atoms with Crippen molar-refractivity contribution in [1.29, 1.82) is 0 Å². The van der Waals surface area contributed by atoms with Gasteiger partial charge in [0.05, 0.1) is 24.5 Å². The lowest BCUT2D eigenvalue weighted by Crippen LogP contribution is -2.43.